The highest BCUT2D eigenvalue weighted by molar-refractivity contribution is 7.86. The van der Waals surface area contributed by atoms with Crippen LogP contribution in [-0.4, -0.2) is 30.9 Å². The van der Waals surface area contributed by atoms with Gasteiger partial charge in [0.1, 0.15) is 0 Å². The molecule has 9 heteroatoms. The van der Waals surface area contributed by atoms with E-state index in [1.807, 2.05) is 13.8 Å². The maximum atomic E-state index is 11.5. The monoisotopic (exact) mass is 348 g/mol. The second-order valence-corrected chi connectivity index (χ2v) is 7.25. The zero-order valence-corrected chi connectivity index (χ0v) is 14.8. The molecule has 0 amide bonds. The minimum absolute atomic E-state index is 0.00639. The minimum atomic E-state index is -3.68. The Kier molecular flexibility index (Phi) is 7.14. The smallest absolute Gasteiger partial charge is 0.334 e. The van der Waals surface area contributed by atoms with Crippen LogP contribution in [0.15, 0.2) is 4.52 Å². The summed E-state index contributed by atoms with van der Waals surface area (Å²) in [5.41, 5.74) is -0.0397. The number of aromatic nitrogens is 1. The third-order valence-corrected chi connectivity index (χ3v) is 4.34. The van der Waals surface area contributed by atoms with Gasteiger partial charge in [-0.1, -0.05) is 38.3 Å². The number of aryl methyl sites for hydroxylation is 1. The lowest BCUT2D eigenvalue weighted by Gasteiger charge is -2.24. The summed E-state index contributed by atoms with van der Waals surface area (Å²) in [5.74, 6) is 0.0192. The second-order valence-electron chi connectivity index (χ2n) is 5.65. The molecule has 0 spiro atoms. The van der Waals surface area contributed by atoms with E-state index in [1.165, 1.54) is 6.92 Å². The molecule has 132 valence electrons. The van der Waals surface area contributed by atoms with E-state index in [9.17, 15) is 18.5 Å². The van der Waals surface area contributed by atoms with E-state index in [-0.39, 0.29) is 29.5 Å². The molecule has 0 aromatic carbocycles. The van der Waals surface area contributed by atoms with Gasteiger partial charge in [0.25, 0.3) is 10.1 Å². The maximum Gasteiger partial charge on any atom is 0.334 e. The Morgan fingerprint density at radius 3 is 2.52 bits per heavy atom. The Labute approximate surface area is 136 Å². The first kappa shape index (κ1) is 19.6. The summed E-state index contributed by atoms with van der Waals surface area (Å²) >= 11 is 0. The number of hydrogen-bond donors (Lipinski definition) is 0. The van der Waals surface area contributed by atoms with Crippen LogP contribution in [0.5, 0.6) is 0 Å². The van der Waals surface area contributed by atoms with Crippen molar-refractivity contribution in [3.8, 4) is 0 Å². The van der Waals surface area contributed by atoms with E-state index >= 15 is 0 Å². The fourth-order valence-electron chi connectivity index (χ4n) is 2.59. The average molecular weight is 348 g/mol. The normalized spacial score (nSPS) is 14.6. The standard InChI is InChI=1S/C14H24N2O6S/c1-5-7-8-11(6-2)12(22-23(4,19)20)9-13-14(16(17)18)10(3)15-21-13/h11-12H,5-9H2,1-4H3. The molecule has 2 atom stereocenters. The van der Waals surface area contributed by atoms with Crippen LogP contribution in [0.4, 0.5) is 5.69 Å². The van der Waals surface area contributed by atoms with Crippen LogP contribution in [0.3, 0.4) is 0 Å². The van der Waals surface area contributed by atoms with Gasteiger partial charge < -0.3 is 4.52 Å². The molecular weight excluding hydrogens is 324 g/mol. The molecule has 0 N–H and O–H groups in total. The van der Waals surface area contributed by atoms with Gasteiger partial charge in [0.05, 0.1) is 17.3 Å². The fraction of sp³-hybridized carbons (Fsp3) is 0.786. The van der Waals surface area contributed by atoms with Crippen molar-refractivity contribution in [1.29, 1.82) is 0 Å². The number of nitro groups is 1. The topological polar surface area (TPSA) is 113 Å². The first-order valence-electron chi connectivity index (χ1n) is 7.67. The third-order valence-electron chi connectivity index (χ3n) is 3.75. The van der Waals surface area contributed by atoms with Crippen molar-refractivity contribution in [3.05, 3.63) is 21.6 Å². The van der Waals surface area contributed by atoms with Gasteiger partial charge in [0.2, 0.25) is 5.76 Å². The summed E-state index contributed by atoms with van der Waals surface area (Å²) in [4.78, 5) is 10.6. The first-order chi connectivity index (χ1) is 10.7. The Hall–Kier alpha value is -1.48. The summed E-state index contributed by atoms with van der Waals surface area (Å²) in [7, 11) is -3.68. The van der Waals surface area contributed by atoms with E-state index < -0.39 is 21.1 Å². The zero-order chi connectivity index (χ0) is 17.6. The van der Waals surface area contributed by atoms with Crippen LogP contribution < -0.4 is 0 Å². The largest absolute Gasteiger partial charge is 0.353 e. The molecule has 0 saturated heterocycles. The van der Waals surface area contributed by atoms with Crippen LogP contribution in [0, 0.1) is 23.0 Å². The molecule has 8 nitrogen and oxygen atoms in total. The highest BCUT2D eigenvalue weighted by atomic mass is 32.2. The molecule has 23 heavy (non-hydrogen) atoms. The van der Waals surface area contributed by atoms with E-state index in [2.05, 4.69) is 5.16 Å². The second kappa shape index (κ2) is 8.39. The summed E-state index contributed by atoms with van der Waals surface area (Å²) < 4.78 is 33.3. The predicted octanol–water partition coefficient (Wildman–Crippen LogP) is 2.99. The Bertz CT molecular complexity index is 625. The number of nitrogens with zero attached hydrogens (tertiary/aromatic N) is 2. The van der Waals surface area contributed by atoms with Crippen LogP contribution in [0.2, 0.25) is 0 Å². The van der Waals surface area contributed by atoms with Gasteiger partial charge in [-0.05, 0) is 19.3 Å². The van der Waals surface area contributed by atoms with Crippen LogP contribution in [-0.2, 0) is 20.7 Å². The molecule has 0 radical (unpaired) electrons. The highest BCUT2D eigenvalue weighted by Gasteiger charge is 2.32. The van der Waals surface area contributed by atoms with Gasteiger partial charge in [-0.3, -0.25) is 14.3 Å². The first-order valence-corrected chi connectivity index (χ1v) is 9.49. The molecule has 2 unspecified atom stereocenters. The molecule has 0 aliphatic carbocycles. The van der Waals surface area contributed by atoms with Gasteiger partial charge >= 0.3 is 5.69 Å². The van der Waals surface area contributed by atoms with Crippen molar-refractivity contribution in [3.63, 3.8) is 0 Å². The zero-order valence-electron chi connectivity index (χ0n) is 13.9. The summed E-state index contributed by atoms with van der Waals surface area (Å²) in [5, 5.41) is 14.7. The quantitative estimate of drug-likeness (QED) is 0.363. The number of hydrogen-bond acceptors (Lipinski definition) is 7. The van der Waals surface area contributed by atoms with Crippen LogP contribution in [0.1, 0.15) is 51.0 Å². The van der Waals surface area contributed by atoms with E-state index in [4.69, 9.17) is 8.71 Å². The fourth-order valence-corrected chi connectivity index (χ4v) is 3.26. The molecule has 1 rings (SSSR count). The van der Waals surface area contributed by atoms with Crippen molar-refractivity contribution >= 4 is 15.8 Å². The lowest BCUT2D eigenvalue weighted by Crippen LogP contribution is -2.29. The van der Waals surface area contributed by atoms with Gasteiger partial charge in [-0.15, -0.1) is 0 Å². The minimum Gasteiger partial charge on any atom is -0.353 e. The molecule has 0 saturated carbocycles. The summed E-state index contributed by atoms with van der Waals surface area (Å²) in [6, 6.07) is 0. The SMILES string of the molecule is CCCCC(CC)C(Cc1onc(C)c1[N+](=O)[O-])OS(C)(=O)=O. The number of rotatable bonds is 10. The Balaban J connectivity index is 3.07. The Morgan fingerprint density at radius 1 is 1.39 bits per heavy atom. The highest BCUT2D eigenvalue weighted by Crippen LogP contribution is 2.29. The Morgan fingerprint density at radius 2 is 2.04 bits per heavy atom. The predicted molar refractivity (Wildman–Crippen MR) is 84.6 cm³/mol. The van der Waals surface area contributed by atoms with E-state index in [0.29, 0.717) is 6.42 Å². The van der Waals surface area contributed by atoms with Crippen molar-refractivity contribution < 1.29 is 22.0 Å². The molecule has 1 aromatic heterocycles. The molecular formula is C14H24N2O6S. The lowest BCUT2D eigenvalue weighted by atomic mass is 9.91. The van der Waals surface area contributed by atoms with Crippen LogP contribution in [0.25, 0.3) is 0 Å². The molecule has 1 aromatic rings. The third kappa shape index (κ3) is 5.91. The van der Waals surface area contributed by atoms with Crippen molar-refractivity contribution in [2.45, 2.75) is 59.0 Å². The number of unbranched alkanes of at least 4 members (excludes halogenated alkanes) is 1. The van der Waals surface area contributed by atoms with Gasteiger partial charge in [-0.2, -0.15) is 8.42 Å². The summed E-state index contributed by atoms with van der Waals surface area (Å²) in [6.07, 6.45) is 3.69. The van der Waals surface area contributed by atoms with Crippen molar-refractivity contribution in [2.24, 2.45) is 5.92 Å². The van der Waals surface area contributed by atoms with Crippen LogP contribution >= 0.6 is 0 Å². The summed E-state index contributed by atoms with van der Waals surface area (Å²) in [6.45, 7) is 5.47. The van der Waals surface area contributed by atoms with E-state index in [1.54, 1.807) is 0 Å². The van der Waals surface area contributed by atoms with Gasteiger partial charge in [0.15, 0.2) is 5.69 Å². The molecule has 0 aliphatic heterocycles. The molecule has 0 fully saturated rings. The van der Waals surface area contributed by atoms with Crippen molar-refractivity contribution in [1.82, 2.24) is 5.16 Å². The van der Waals surface area contributed by atoms with Gasteiger partial charge in [0, 0.05) is 6.42 Å². The lowest BCUT2D eigenvalue weighted by molar-refractivity contribution is -0.386. The molecule has 0 bridgehead atoms. The van der Waals surface area contributed by atoms with Gasteiger partial charge in [-0.25, -0.2) is 0 Å². The van der Waals surface area contributed by atoms with E-state index in [0.717, 1.165) is 25.5 Å². The molecule has 1 heterocycles. The maximum absolute atomic E-state index is 11.5. The molecule has 0 aliphatic rings. The van der Waals surface area contributed by atoms with Crippen molar-refractivity contribution in [2.75, 3.05) is 6.26 Å². The average Bonchev–Trinajstić information content (AvgIpc) is 2.78.